The quantitative estimate of drug-likeness (QED) is 0.223. The molecule has 3 atom stereocenters. The standard InChI is InChI=1S/C11H18O2.C8H13NO6S/c1-2-3-4-5-9-8-10(12)6-7-11(9)13;1-16-4-5(8(14)15)9(2-6(10)11)3-7(12)13/h6-8,10-13H,2-5H2,1H3;5H,2-4H2,1H3,(H,10,11)(H,12,13)(H,14,15). The van der Waals surface area contributed by atoms with Crippen molar-refractivity contribution in [3.63, 3.8) is 0 Å². The Balaban J connectivity index is 0.000000551. The molecular weight excluding hydrogens is 402 g/mol. The number of carboxylic acids is 3. The van der Waals surface area contributed by atoms with Crippen LogP contribution in [0.4, 0.5) is 0 Å². The fraction of sp³-hybridized carbons (Fsp3) is 0.632. The highest BCUT2D eigenvalue weighted by molar-refractivity contribution is 7.98. The zero-order valence-corrected chi connectivity index (χ0v) is 17.5. The topological polar surface area (TPSA) is 156 Å². The molecule has 29 heavy (non-hydrogen) atoms. The van der Waals surface area contributed by atoms with E-state index in [0.29, 0.717) is 0 Å². The summed E-state index contributed by atoms with van der Waals surface area (Å²) in [4.78, 5) is 32.7. The van der Waals surface area contributed by atoms with Gasteiger partial charge in [0.05, 0.1) is 25.3 Å². The Morgan fingerprint density at radius 3 is 2.10 bits per heavy atom. The van der Waals surface area contributed by atoms with Crippen LogP contribution in [0.15, 0.2) is 23.8 Å². The lowest BCUT2D eigenvalue weighted by Gasteiger charge is -2.24. The highest BCUT2D eigenvalue weighted by Gasteiger charge is 2.28. The molecule has 0 aliphatic heterocycles. The molecular formula is C19H31NO8S. The minimum Gasteiger partial charge on any atom is -0.480 e. The Bertz CT molecular complexity index is 577. The third kappa shape index (κ3) is 12.3. The average Bonchev–Trinajstić information content (AvgIpc) is 2.61. The van der Waals surface area contributed by atoms with Crippen molar-refractivity contribution in [3.8, 4) is 0 Å². The van der Waals surface area contributed by atoms with Crippen molar-refractivity contribution < 1.29 is 39.9 Å². The van der Waals surface area contributed by atoms with Crippen LogP contribution < -0.4 is 0 Å². The highest BCUT2D eigenvalue weighted by Crippen LogP contribution is 2.18. The SMILES string of the molecule is CCCCCC1=CC(O)C=CC1O.CSCC(C(=O)O)N(CC(=O)O)CC(=O)O. The molecule has 5 N–H and O–H groups in total. The molecule has 3 unspecified atom stereocenters. The van der Waals surface area contributed by atoms with E-state index in [4.69, 9.17) is 15.3 Å². The fourth-order valence-corrected chi connectivity index (χ4v) is 3.31. The van der Waals surface area contributed by atoms with Gasteiger partial charge in [0, 0.05) is 5.75 Å². The maximum absolute atomic E-state index is 10.9. The van der Waals surface area contributed by atoms with Crippen LogP contribution >= 0.6 is 11.8 Å². The number of aliphatic carboxylic acids is 3. The predicted molar refractivity (Wildman–Crippen MR) is 110 cm³/mol. The summed E-state index contributed by atoms with van der Waals surface area (Å²) in [7, 11) is 0. The maximum atomic E-state index is 10.9. The molecule has 0 amide bonds. The van der Waals surface area contributed by atoms with E-state index in [2.05, 4.69) is 6.92 Å². The number of aliphatic hydroxyl groups excluding tert-OH is 2. The molecule has 0 heterocycles. The monoisotopic (exact) mass is 433 g/mol. The summed E-state index contributed by atoms with van der Waals surface area (Å²) in [5.41, 5.74) is 0.962. The molecule has 0 aromatic rings. The van der Waals surface area contributed by atoms with Crippen LogP contribution in [0.3, 0.4) is 0 Å². The molecule has 0 aromatic carbocycles. The Hall–Kier alpha value is -1.88. The minimum atomic E-state index is -1.26. The van der Waals surface area contributed by atoms with Crippen molar-refractivity contribution in [2.24, 2.45) is 0 Å². The first kappa shape index (κ1) is 27.1. The third-order valence-electron chi connectivity index (χ3n) is 4.05. The van der Waals surface area contributed by atoms with Gasteiger partial charge in [-0.05, 0) is 24.7 Å². The van der Waals surface area contributed by atoms with Crippen molar-refractivity contribution >= 4 is 29.7 Å². The van der Waals surface area contributed by atoms with Gasteiger partial charge in [0.15, 0.2) is 0 Å². The summed E-state index contributed by atoms with van der Waals surface area (Å²) < 4.78 is 0. The van der Waals surface area contributed by atoms with E-state index < -0.39 is 49.2 Å². The van der Waals surface area contributed by atoms with Crippen molar-refractivity contribution in [1.82, 2.24) is 4.90 Å². The second-order valence-electron chi connectivity index (χ2n) is 6.52. The van der Waals surface area contributed by atoms with Gasteiger partial charge in [-0.2, -0.15) is 11.8 Å². The number of carboxylic acid groups (broad SMARTS) is 3. The summed E-state index contributed by atoms with van der Waals surface area (Å²) >= 11 is 1.21. The number of unbranched alkanes of at least 4 members (excludes halogenated alkanes) is 2. The first-order chi connectivity index (χ1) is 13.6. The van der Waals surface area contributed by atoms with Gasteiger partial charge in [-0.3, -0.25) is 19.3 Å². The van der Waals surface area contributed by atoms with E-state index in [-0.39, 0.29) is 5.75 Å². The van der Waals surface area contributed by atoms with Gasteiger partial charge in [-0.1, -0.05) is 38.0 Å². The first-order valence-corrected chi connectivity index (χ1v) is 10.7. The van der Waals surface area contributed by atoms with Crippen molar-refractivity contribution in [2.75, 3.05) is 25.1 Å². The minimum absolute atomic E-state index is 0.135. The number of rotatable bonds is 12. The highest BCUT2D eigenvalue weighted by atomic mass is 32.2. The Labute approximate surface area is 174 Å². The largest absolute Gasteiger partial charge is 0.480 e. The van der Waals surface area contributed by atoms with Crippen LogP contribution in [0.5, 0.6) is 0 Å². The molecule has 0 radical (unpaired) electrons. The van der Waals surface area contributed by atoms with Gasteiger partial charge in [0.25, 0.3) is 0 Å². The molecule has 0 spiro atoms. The lowest BCUT2D eigenvalue weighted by molar-refractivity contribution is -0.148. The van der Waals surface area contributed by atoms with E-state index in [9.17, 15) is 24.6 Å². The molecule has 10 heteroatoms. The smallest absolute Gasteiger partial charge is 0.321 e. The average molecular weight is 434 g/mol. The number of carbonyl (C=O) groups is 3. The molecule has 1 rings (SSSR count). The van der Waals surface area contributed by atoms with Crippen molar-refractivity contribution in [3.05, 3.63) is 23.8 Å². The summed E-state index contributed by atoms with van der Waals surface area (Å²) in [6.45, 7) is 0.939. The maximum Gasteiger partial charge on any atom is 0.321 e. The number of hydrogen-bond donors (Lipinski definition) is 5. The normalized spacial score (nSPS) is 19.1. The molecule has 1 aliphatic rings. The molecule has 0 fully saturated rings. The van der Waals surface area contributed by atoms with E-state index in [0.717, 1.165) is 23.3 Å². The van der Waals surface area contributed by atoms with Crippen molar-refractivity contribution in [2.45, 2.75) is 50.9 Å². The lowest BCUT2D eigenvalue weighted by atomic mass is 9.96. The molecule has 0 saturated carbocycles. The Morgan fingerprint density at radius 2 is 1.66 bits per heavy atom. The third-order valence-corrected chi connectivity index (χ3v) is 4.70. The lowest BCUT2D eigenvalue weighted by Crippen LogP contribution is -2.47. The van der Waals surface area contributed by atoms with E-state index in [1.54, 1.807) is 24.5 Å². The van der Waals surface area contributed by atoms with E-state index >= 15 is 0 Å². The van der Waals surface area contributed by atoms with Crippen LogP contribution in [0.1, 0.15) is 32.6 Å². The summed E-state index contributed by atoms with van der Waals surface area (Å²) in [5.74, 6) is -3.60. The van der Waals surface area contributed by atoms with Gasteiger partial charge in [0.1, 0.15) is 6.04 Å². The molecule has 1 aliphatic carbocycles. The molecule has 0 saturated heterocycles. The van der Waals surface area contributed by atoms with E-state index in [1.165, 1.54) is 24.6 Å². The predicted octanol–water partition coefficient (Wildman–Crippen LogP) is 1.06. The van der Waals surface area contributed by atoms with Crippen LogP contribution in [0, 0.1) is 0 Å². The summed E-state index contributed by atoms with van der Waals surface area (Å²) in [6.07, 6.45) is 10.1. The second-order valence-corrected chi connectivity index (χ2v) is 7.43. The van der Waals surface area contributed by atoms with Gasteiger partial charge in [0.2, 0.25) is 0 Å². The van der Waals surface area contributed by atoms with Gasteiger partial charge in [-0.15, -0.1) is 0 Å². The molecule has 0 bridgehead atoms. The molecule has 0 aromatic heterocycles. The van der Waals surface area contributed by atoms with Crippen LogP contribution in [0.2, 0.25) is 0 Å². The Morgan fingerprint density at radius 1 is 1.07 bits per heavy atom. The Kier molecular flexibility index (Phi) is 14.1. The fourth-order valence-electron chi connectivity index (χ4n) is 2.64. The van der Waals surface area contributed by atoms with Gasteiger partial charge >= 0.3 is 17.9 Å². The van der Waals surface area contributed by atoms with Gasteiger partial charge < -0.3 is 25.5 Å². The number of nitrogens with zero attached hydrogens (tertiary/aromatic N) is 1. The zero-order valence-electron chi connectivity index (χ0n) is 16.7. The van der Waals surface area contributed by atoms with Crippen LogP contribution in [-0.4, -0.2) is 91.7 Å². The molecule has 166 valence electrons. The van der Waals surface area contributed by atoms with Crippen molar-refractivity contribution in [1.29, 1.82) is 0 Å². The first-order valence-electron chi connectivity index (χ1n) is 9.26. The number of thioether (sulfide) groups is 1. The van der Waals surface area contributed by atoms with Gasteiger partial charge in [-0.25, -0.2) is 0 Å². The summed E-state index contributed by atoms with van der Waals surface area (Å²) in [6, 6.07) is -1.11. The summed E-state index contributed by atoms with van der Waals surface area (Å²) in [5, 5.41) is 44.8. The zero-order chi connectivity index (χ0) is 22.4. The number of hydrogen-bond acceptors (Lipinski definition) is 7. The second kappa shape index (κ2) is 15.0. The number of aliphatic hydroxyl groups is 2. The van der Waals surface area contributed by atoms with Crippen LogP contribution in [0.25, 0.3) is 0 Å². The molecule has 9 nitrogen and oxygen atoms in total. The van der Waals surface area contributed by atoms with Crippen LogP contribution in [-0.2, 0) is 14.4 Å². The van der Waals surface area contributed by atoms with E-state index in [1.807, 2.05) is 0 Å².